The molecular formula is C14H11BrN4O2. The van der Waals surface area contributed by atoms with Crippen molar-refractivity contribution in [2.45, 2.75) is 6.92 Å². The maximum Gasteiger partial charge on any atom is 0.278 e. The Labute approximate surface area is 128 Å². The molecule has 0 bridgehead atoms. The fourth-order valence-corrected chi connectivity index (χ4v) is 2.32. The van der Waals surface area contributed by atoms with Crippen LogP contribution in [-0.4, -0.2) is 26.2 Å². The topological polar surface area (TPSA) is 90.9 Å². The molecule has 0 radical (unpaired) electrons. The second-order valence-corrected chi connectivity index (χ2v) is 5.38. The number of pyridine rings is 1. The summed E-state index contributed by atoms with van der Waals surface area (Å²) in [5.41, 5.74) is 2.27. The molecule has 0 spiro atoms. The summed E-state index contributed by atoms with van der Waals surface area (Å²) in [5, 5.41) is 20.5. The van der Waals surface area contributed by atoms with E-state index in [9.17, 15) is 9.90 Å². The van der Waals surface area contributed by atoms with Crippen molar-refractivity contribution in [2.75, 3.05) is 5.32 Å². The highest BCUT2D eigenvalue weighted by atomic mass is 79.9. The van der Waals surface area contributed by atoms with Crippen molar-refractivity contribution in [1.82, 2.24) is 15.2 Å². The Kier molecular flexibility index (Phi) is 3.34. The van der Waals surface area contributed by atoms with Crippen molar-refractivity contribution in [3.05, 3.63) is 46.3 Å². The summed E-state index contributed by atoms with van der Waals surface area (Å²) in [7, 11) is 0. The van der Waals surface area contributed by atoms with Crippen LogP contribution in [0.5, 0.6) is 5.75 Å². The van der Waals surface area contributed by atoms with Gasteiger partial charge in [0.05, 0.1) is 9.99 Å². The Morgan fingerprint density at radius 3 is 3.00 bits per heavy atom. The minimum absolute atomic E-state index is 0.0392. The number of carbonyl (C=O) groups excluding carboxylic acids is 1. The molecule has 2 heterocycles. The molecule has 3 aromatic rings. The molecule has 0 aliphatic carbocycles. The van der Waals surface area contributed by atoms with Crippen LogP contribution in [0.25, 0.3) is 10.9 Å². The van der Waals surface area contributed by atoms with Crippen LogP contribution in [0.4, 0.5) is 5.69 Å². The highest BCUT2D eigenvalue weighted by Crippen LogP contribution is 2.26. The van der Waals surface area contributed by atoms with Crippen LogP contribution < -0.4 is 5.32 Å². The summed E-state index contributed by atoms with van der Waals surface area (Å²) in [5.74, 6) is -0.674. The van der Waals surface area contributed by atoms with E-state index in [-0.39, 0.29) is 11.4 Å². The predicted molar refractivity (Wildman–Crippen MR) is 82.4 cm³/mol. The van der Waals surface area contributed by atoms with E-state index in [2.05, 4.69) is 36.4 Å². The van der Waals surface area contributed by atoms with E-state index in [4.69, 9.17) is 0 Å². The molecule has 2 aromatic heterocycles. The number of fused-ring (bicyclic) bond motifs is 1. The first-order chi connectivity index (χ1) is 10.1. The number of aromatic hydroxyl groups is 1. The van der Waals surface area contributed by atoms with Gasteiger partial charge < -0.3 is 10.4 Å². The number of rotatable bonds is 2. The lowest BCUT2D eigenvalue weighted by Crippen LogP contribution is -2.13. The molecule has 21 heavy (non-hydrogen) atoms. The third-order valence-corrected chi connectivity index (χ3v) is 3.73. The molecule has 0 fully saturated rings. The largest absolute Gasteiger partial charge is 0.504 e. The van der Waals surface area contributed by atoms with Gasteiger partial charge in [-0.25, -0.2) is 4.98 Å². The van der Waals surface area contributed by atoms with Crippen molar-refractivity contribution in [3.8, 4) is 5.75 Å². The first kappa shape index (κ1) is 13.6. The summed E-state index contributed by atoms with van der Waals surface area (Å²) in [6.45, 7) is 1.93. The lowest BCUT2D eigenvalue weighted by molar-refractivity contribution is 0.101. The van der Waals surface area contributed by atoms with Gasteiger partial charge in [0.2, 0.25) is 0 Å². The van der Waals surface area contributed by atoms with Gasteiger partial charge in [-0.2, -0.15) is 5.10 Å². The van der Waals surface area contributed by atoms with Crippen LogP contribution >= 0.6 is 15.9 Å². The van der Waals surface area contributed by atoms with Gasteiger partial charge in [-0.05, 0) is 47.1 Å². The Hall–Kier alpha value is -2.41. The number of aromatic amines is 1. The number of halogens is 1. The van der Waals surface area contributed by atoms with Gasteiger partial charge in [-0.15, -0.1) is 0 Å². The van der Waals surface area contributed by atoms with Gasteiger partial charge in [-0.3, -0.25) is 9.89 Å². The van der Waals surface area contributed by atoms with Crippen molar-refractivity contribution >= 4 is 38.4 Å². The first-order valence-electron chi connectivity index (χ1n) is 6.16. The van der Waals surface area contributed by atoms with Crippen LogP contribution in [0.3, 0.4) is 0 Å². The zero-order chi connectivity index (χ0) is 15.0. The number of hydrogen-bond donors (Lipinski definition) is 3. The van der Waals surface area contributed by atoms with E-state index in [1.54, 1.807) is 18.2 Å². The molecule has 3 rings (SSSR count). The third-order valence-electron chi connectivity index (χ3n) is 3.09. The Morgan fingerprint density at radius 2 is 2.19 bits per heavy atom. The zero-order valence-corrected chi connectivity index (χ0v) is 12.6. The number of amides is 1. The van der Waals surface area contributed by atoms with E-state index in [0.29, 0.717) is 10.2 Å². The quantitative estimate of drug-likeness (QED) is 0.665. The second kappa shape index (κ2) is 5.17. The summed E-state index contributed by atoms with van der Waals surface area (Å²) >= 11 is 3.15. The van der Waals surface area contributed by atoms with Crippen molar-refractivity contribution in [3.63, 3.8) is 0 Å². The lowest BCUT2D eigenvalue weighted by atomic mass is 10.2. The monoisotopic (exact) mass is 346 g/mol. The number of hydrogen-bond acceptors (Lipinski definition) is 4. The Bertz CT molecular complexity index is 844. The van der Waals surface area contributed by atoms with Gasteiger partial charge in [0.25, 0.3) is 5.91 Å². The summed E-state index contributed by atoms with van der Waals surface area (Å²) in [4.78, 5) is 16.0. The molecule has 0 saturated carbocycles. The molecule has 0 aliphatic rings. The molecule has 0 saturated heterocycles. The highest BCUT2D eigenvalue weighted by Gasteiger charge is 2.15. The van der Waals surface area contributed by atoms with Gasteiger partial charge in [0.15, 0.2) is 11.4 Å². The molecule has 7 heteroatoms. The summed E-state index contributed by atoms with van der Waals surface area (Å²) < 4.78 is 0.418. The van der Waals surface area contributed by atoms with Gasteiger partial charge in [-0.1, -0.05) is 0 Å². The maximum atomic E-state index is 12.1. The first-order valence-corrected chi connectivity index (χ1v) is 6.95. The number of carbonyl (C=O) groups is 1. The molecular weight excluding hydrogens is 336 g/mol. The molecule has 106 valence electrons. The van der Waals surface area contributed by atoms with Gasteiger partial charge in [0.1, 0.15) is 0 Å². The smallest absolute Gasteiger partial charge is 0.278 e. The SMILES string of the molecule is Cc1[nH]nc2cc(NC(=O)c3nccc(Br)c3O)ccc12. The molecule has 0 atom stereocenters. The van der Waals surface area contributed by atoms with E-state index in [0.717, 1.165) is 16.6 Å². The van der Waals surface area contributed by atoms with E-state index in [1.807, 2.05) is 13.0 Å². The minimum atomic E-state index is -0.486. The standard InChI is InChI=1S/C14H11BrN4O2/c1-7-9-3-2-8(6-11(9)19-18-7)17-14(21)12-13(20)10(15)4-5-16-12/h2-6,20H,1H3,(H,17,21)(H,18,19). The van der Waals surface area contributed by atoms with Gasteiger partial charge in [0, 0.05) is 23.0 Å². The van der Waals surface area contributed by atoms with Gasteiger partial charge >= 0.3 is 0 Å². The normalized spacial score (nSPS) is 10.8. The molecule has 3 N–H and O–H groups in total. The number of benzene rings is 1. The molecule has 0 aliphatic heterocycles. The molecule has 6 nitrogen and oxygen atoms in total. The van der Waals surface area contributed by atoms with E-state index >= 15 is 0 Å². The van der Waals surface area contributed by atoms with Crippen molar-refractivity contribution < 1.29 is 9.90 Å². The van der Waals surface area contributed by atoms with E-state index in [1.165, 1.54) is 6.20 Å². The molecule has 1 amide bonds. The van der Waals surface area contributed by atoms with E-state index < -0.39 is 5.91 Å². The number of nitrogens with one attached hydrogen (secondary N) is 2. The Morgan fingerprint density at radius 1 is 1.38 bits per heavy atom. The van der Waals surface area contributed by atoms with Crippen molar-refractivity contribution in [2.24, 2.45) is 0 Å². The number of H-pyrrole nitrogens is 1. The number of anilines is 1. The third kappa shape index (κ3) is 2.47. The summed E-state index contributed by atoms with van der Waals surface area (Å²) in [6, 6.07) is 6.96. The average molecular weight is 347 g/mol. The molecule has 1 aromatic carbocycles. The minimum Gasteiger partial charge on any atom is -0.504 e. The van der Waals surface area contributed by atoms with Crippen LogP contribution in [0.15, 0.2) is 34.9 Å². The fraction of sp³-hybridized carbons (Fsp3) is 0.0714. The number of aryl methyl sites for hydroxylation is 1. The van der Waals surface area contributed by atoms with Crippen LogP contribution in [0, 0.1) is 6.92 Å². The fourth-order valence-electron chi connectivity index (χ4n) is 2.01. The van der Waals surface area contributed by atoms with Crippen LogP contribution in [0.1, 0.15) is 16.2 Å². The maximum absolute atomic E-state index is 12.1. The van der Waals surface area contributed by atoms with Crippen molar-refractivity contribution in [1.29, 1.82) is 0 Å². The zero-order valence-electron chi connectivity index (χ0n) is 11.0. The number of aromatic nitrogens is 3. The molecule has 0 unspecified atom stereocenters. The lowest BCUT2D eigenvalue weighted by Gasteiger charge is -2.07. The summed E-state index contributed by atoms with van der Waals surface area (Å²) in [6.07, 6.45) is 1.44. The highest BCUT2D eigenvalue weighted by molar-refractivity contribution is 9.10. The Balaban J connectivity index is 1.90. The second-order valence-electron chi connectivity index (χ2n) is 4.52. The van der Waals surface area contributed by atoms with Crippen LogP contribution in [0.2, 0.25) is 0 Å². The number of nitrogens with zero attached hydrogens (tertiary/aromatic N) is 2. The average Bonchev–Trinajstić information content (AvgIpc) is 2.83. The predicted octanol–water partition coefficient (Wildman–Crippen LogP) is 2.99. The van der Waals surface area contributed by atoms with Crippen LogP contribution in [-0.2, 0) is 0 Å².